The summed E-state index contributed by atoms with van der Waals surface area (Å²) in [7, 11) is 2.29. The van der Waals surface area contributed by atoms with Crippen LogP contribution in [0.4, 0.5) is 24.4 Å². The molecule has 1 aromatic heterocycles. The first-order valence-electron chi connectivity index (χ1n) is 9.10. The van der Waals surface area contributed by atoms with Crippen molar-refractivity contribution in [2.75, 3.05) is 37.9 Å². The van der Waals surface area contributed by atoms with Gasteiger partial charge >= 0.3 is 6.03 Å². The van der Waals surface area contributed by atoms with E-state index >= 15 is 0 Å². The zero-order valence-electron chi connectivity index (χ0n) is 16.4. The van der Waals surface area contributed by atoms with E-state index in [-0.39, 0.29) is 17.8 Å². The summed E-state index contributed by atoms with van der Waals surface area (Å²) < 4.78 is 23.3. The number of fused-ring (bicyclic) bond motifs is 1. The molecule has 0 bridgehead atoms. The second-order valence-corrected chi connectivity index (χ2v) is 7.51. The van der Waals surface area contributed by atoms with Gasteiger partial charge in [0.2, 0.25) is 5.91 Å². The van der Waals surface area contributed by atoms with Crippen LogP contribution < -0.4 is 16.0 Å². The molecule has 2 heterocycles. The van der Waals surface area contributed by atoms with Gasteiger partial charge in [0.05, 0.1) is 17.4 Å². The quantitative estimate of drug-likeness (QED) is 0.587. The first-order chi connectivity index (χ1) is 14.5. The maximum atomic E-state index is 12.9. The molecule has 1 aliphatic rings. The molecule has 3 amide bonds. The van der Waals surface area contributed by atoms with E-state index in [0.717, 1.165) is 22.3 Å². The number of nitrogens with one attached hydrogen (secondary N) is 3. The highest BCUT2D eigenvalue weighted by Gasteiger charge is 2.27. The molecule has 4 rings (SSSR count). The van der Waals surface area contributed by atoms with Crippen LogP contribution in [0.5, 0.6) is 0 Å². The van der Waals surface area contributed by atoms with Gasteiger partial charge in [0.15, 0.2) is 5.13 Å². The van der Waals surface area contributed by atoms with Gasteiger partial charge in [-0.05, 0) is 42.0 Å². The van der Waals surface area contributed by atoms with Crippen molar-refractivity contribution in [3.8, 4) is 0 Å². The van der Waals surface area contributed by atoms with E-state index < -0.39 is 6.03 Å². The van der Waals surface area contributed by atoms with Gasteiger partial charge in [-0.25, -0.2) is 14.2 Å². The number of halogens is 2. The number of nitrogens with zero attached hydrogens (tertiary/aromatic N) is 2. The van der Waals surface area contributed by atoms with Crippen LogP contribution >= 0.6 is 11.3 Å². The van der Waals surface area contributed by atoms with Crippen molar-refractivity contribution in [3.05, 3.63) is 53.8 Å². The normalized spacial score (nSPS) is 16.1. The fourth-order valence-corrected chi connectivity index (χ4v) is 3.93. The van der Waals surface area contributed by atoms with E-state index in [2.05, 4.69) is 20.9 Å². The third-order valence-electron chi connectivity index (χ3n) is 4.49. The van der Waals surface area contributed by atoms with Crippen LogP contribution in [0.2, 0.25) is 0 Å². The predicted octanol–water partition coefficient (Wildman–Crippen LogP) is 3.77. The highest BCUT2D eigenvalue weighted by atomic mass is 32.1. The molecule has 7 nitrogen and oxygen atoms in total. The van der Waals surface area contributed by atoms with Crippen molar-refractivity contribution in [3.63, 3.8) is 0 Å². The lowest BCUT2D eigenvalue weighted by molar-refractivity contribution is -0.134. The molecule has 1 fully saturated rings. The molecule has 158 valence electrons. The van der Waals surface area contributed by atoms with Crippen LogP contribution in [0.1, 0.15) is 11.6 Å². The summed E-state index contributed by atoms with van der Waals surface area (Å²) in [6.45, 7) is 1.43. The van der Waals surface area contributed by atoms with Gasteiger partial charge in [0.1, 0.15) is 11.9 Å². The van der Waals surface area contributed by atoms with Gasteiger partial charge in [-0.2, -0.15) is 0 Å². The van der Waals surface area contributed by atoms with Gasteiger partial charge in [-0.3, -0.25) is 14.5 Å². The highest BCUT2D eigenvalue weighted by molar-refractivity contribution is 7.22. The summed E-state index contributed by atoms with van der Waals surface area (Å²) in [5.41, 5.74) is 2.09. The number of hydrogen-bond acceptors (Lipinski definition) is 5. The molecular weight excluding hydrogens is 412 g/mol. The highest BCUT2D eigenvalue weighted by Crippen LogP contribution is 2.29. The fourth-order valence-electron chi connectivity index (χ4n) is 3.02. The van der Waals surface area contributed by atoms with Crippen molar-refractivity contribution in [2.24, 2.45) is 0 Å². The number of amides is 3. The summed E-state index contributed by atoms with van der Waals surface area (Å²) in [4.78, 5) is 30.6. The average Bonchev–Trinajstić information content (AvgIpc) is 3.14. The van der Waals surface area contributed by atoms with Gasteiger partial charge in [-0.1, -0.05) is 17.4 Å². The maximum absolute atomic E-state index is 12.9. The summed E-state index contributed by atoms with van der Waals surface area (Å²) in [6, 6.07) is 10.3. The largest absolute Gasteiger partial charge is 0.343 e. The number of benzene rings is 2. The summed E-state index contributed by atoms with van der Waals surface area (Å²) in [5.74, 6) is -0.336. The molecule has 1 saturated heterocycles. The summed E-state index contributed by atoms with van der Waals surface area (Å²) >= 11 is 1.32. The SMILES string of the molecule is CF.CN1CCNC(c2ccc3nc(NC(=O)Nc4ccc(F)cc4)sc3c2)C1=O. The molecule has 30 heavy (non-hydrogen) atoms. The molecule has 1 aliphatic heterocycles. The lowest BCUT2D eigenvalue weighted by Gasteiger charge is -2.30. The molecule has 3 aromatic rings. The van der Waals surface area contributed by atoms with Gasteiger partial charge in [0.25, 0.3) is 0 Å². The van der Waals surface area contributed by atoms with E-state index in [9.17, 15) is 18.4 Å². The Labute approximate surface area is 176 Å². The standard InChI is InChI=1S/C19H18FN5O2S.CH3F/c1-25-9-8-21-16(17(25)26)11-2-7-14-15(10-11)28-19(23-14)24-18(27)22-13-5-3-12(20)4-6-13;1-2/h2-7,10,16,21H,8-9H2,1H3,(H2,22,23,24,27);1H3. The Balaban J connectivity index is 0.00000124. The number of hydrogen-bond donors (Lipinski definition) is 3. The molecule has 3 N–H and O–H groups in total. The Morgan fingerprint density at radius 1 is 1.20 bits per heavy atom. The smallest absolute Gasteiger partial charge is 0.325 e. The van der Waals surface area contributed by atoms with Crippen LogP contribution in [0.3, 0.4) is 0 Å². The minimum Gasteiger partial charge on any atom is -0.343 e. The second kappa shape index (κ2) is 9.59. The third-order valence-corrected chi connectivity index (χ3v) is 5.42. The first kappa shape index (κ1) is 21.6. The Kier molecular flexibility index (Phi) is 6.91. The third kappa shape index (κ3) is 4.89. The van der Waals surface area contributed by atoms with E-state index in [1.807, 2.05) is 18.2 Å². The molecule has 0 spiro atoms. The Morgan fingerprint density at radius 2 is 1.93 bits per heavy atom. The van der Waals surface area contributed by atoms with Crippen LogP contribution in [-0.4, -0.2) is 49.1 Å². The number of urea groups is 1. The minimum absolute atomic E-state index is 0.0344. The number of carbonyl (C=O) groups is 2. The fraction of sp³-hybridized carbons (Fsp3) is 0.250. The molecular formula is C20H21F2N5O2S. The van der Waals surface area contributed by atoms with Gasteiger partial charge in [-0.15, -0.1) is 0 Å². The number of aromatic nitrogens is 1. The Morgan fingerprint density at radius 3 is 2.67 bits per heavy atom. The number of likely N-dealkylation sites (N-methyl/N-ethyl adjacent to an activating group) is 1. The Hall–Kier alpha value is -3.11. The monoisotopic (exact) mass is 433 g/mol. The maximum Gasteiger partial charge on any atom is 0.325 e. The van der Waals surface area contributed by atoms with E-state index in [4.69, 9.17) is 0 Å². The molecule has 2 aromatic carbocycles. The second-order valence-electron chi connectivity index (χ2n) is 6.48. The molecule has 0 aliphatic carbocycles. The lowest BCUT2D eigenvalue weighted by Crippen LogP contribution is -2.48. The molecule has 0 radical (unpaired) electrons. The minimum atomic E-state index is -0.461. The van der Waals surface area contributed by atoms with E-state index in [0.29, 0.717) is 24.5 Å². The number of carbonyl (C=O) groups excluding carboxylic acids is 2. The van der Waals surface area contributed by atoms with Crippen LogP contribution in [0.15, 0.2) is 42.5 Å². The van der Waals surface area contributed by atoms with Crippen molar-refractivity contribution in [2.45, 2.75) is 6.04 Å². The molecule has 1 atom stereocenters. The number of alkyl halides is 1. The zero-order valence-corrected chi connectivity index (χ0v) is 17.2. The molecule has 1 unspecified atom stereocenters. The van der Waals surface area contributed by atoms with Gasteiger partial charge in [0, 0.05) is 25.8 Å². The lowest BCUT2D eigenvalue weighted by atomic mass is 10.0. The first-order valence-corrected chi connectivity index (χ1v) is 9.91. The topological polar surface area (TPSA) is 86.4 Å². The Bertz CT molecular complexity index is 1040. The van der Waals surface area contributed by atoms with E-state index in [1.165, 1.54) is 35.6 Å². The van der Waals surface area contributed by atoms with Gasteiger partial charge < -0.3 is 15.5 Å². The predicted molar refractivity (Wildman–Crippen MR) is 114 cm³/mol. The number of rotatable bonds is 3. The van der Waals surface area contributed by atoms with Crippen LogP contribution in [-0.2, 0) is 4.79 Å². The van der Waals surface area contributed by atoms with Crippen LogP contribution in [0, 0.1) is 5.82 Å². The number of piperazine rings is 1. The molecule has 0 saturated carbocycles. The van der Waals surface area contributed by atoms with Crippen molar-refractivity contribution in [1.29, 1.82) is 0 Å². The van der Waals surface area contributed by atoms with E-state index in [1.54, 1.807) is 11.9 Å². The van der Waals surface area contributed by atoms with Crippen molar-refractivity contribution in [1.82, 2.24) is 15.2 Å². The number of anilines is 2. The van der Waals surface area contributed by atoms with Crippen molar-refractivity contribution >= 4 is 44.3 Å². The van der Waals surface area contributed by atoms with Crippen molar-refractivity contribution < 1.29 is 18.4 Å². The average molecular weight is 433 g/mol. The summed E-state index contributed by atoms with van der Waals surface area (Å²) in [5, 5.41) is 8.98. The van der Waals surface area contributed by atoms with Crippen LogP contribution in [0.25, 0.3) is 10.2 Å². The number of thiazole rings is 1. The zero-order chi connectivity index (χ0) is 21.7. The molecule has 10 heteroatoms. The summed E-state index contributed by atoms with van der Waals surface area (Å²) in [6.07, 6.45) is 0.